The van der Waals surface area contributed by atoms with Gasteiger partial charge in [-0.3, -0.25) is 14.6 Å². The van der Waals surface area contributed by atoms with Crippen LogP contribution in [0.4, 0.5) is 0 Å². The van der Waals surface area contributed by atoms with Crippen molar-refractivity contribution in [2.24, 2.45) is 5.41 Å². The van der Waals surface area contributed by atoms with Gasteiger partial charge in [0.1, 0.15) is 4.88 Å². The minimum absolute atomic E-state index is 0.164. The average Bonchev–Trinajstić information content (AvgIpc) is 3.44. The molecule has 27 heavy (non-hydrogen) atoms. The van der Waals surface area contributed by atoms with Crippen molar-refractivity contribution in [2.75, 3.05) is 13.1 Å². The van der Waals surface area contributed by atoms with Crippen molar-refractivity contribution in [3.63, 3.8) is 0 Å². The number of carboxylic acids is 1. The van der Waals surface area contributed by atoms with E-state index in [1.807, 2.05) is 17.5 Å². The Hall–Kier alpha value is -2.59. The van der Waals surface area contributed by atoms with Crippen LogP contribution in [0, 0.1) is 5.41 Å². The van der Waals surface area contributed by atoms with Crippen LogP contribution in [0.25, 0.3) is 0 Å². The number of carbonyl (C=O) groups excluding carboxylic acids is 1. The van der Waals surface area contributed by atoms with Gasteiger partial charge in [-0.2, -0.15) is 0 Å². The second kappa shape index (κ2) is 7.20. The Kier molecular flexibility index (Phi) is 4.75. The van der Waals surface area contributed by atoms with Crippen LogP contribution in [0.2, 0.25) is 0 Å². The van der Waals surface area contributed by atoms with Crippen LogP contribution in [-0.4, -0.2) is 55.0 Å². The molecule has 10 heteroatoms. The molecule has 0 bridgehead atoms. The SMILES string of the molecule is O=C(c1cncs1)N1CCC(Cc2cn(Cc3cccs3)nn2)(C(=O)O)C1. The van der Waals surface area contributed by atoms with E-state index >= 15 is 0 Å². The Morgan fingerprint density at radius 2 is 2.22 bits per heavy atom. The highest BCUT2D eigenvalue weighted by Gasteiger charge is 2.47. The predicted molar refractivity (Wildman–Crippen MR) is 99.9 cm³/mol. The van der Waals surface area contributed by atoms with E-state index < -0.39 is 11.4 Å². The summed E-state index contributed by atoms with van der Waals surface area (Å²) in [5.74, 6) is -1.07. The third-order valence-corrected chi connectivity index (χ3v) is 6.36. The molecule has 1 unspecified atom stereocenters. The molecule has 1 aliphatic rings. The number of hydrogen-bond donors (Lipinski definition) is 1. The molecule has 0 spiro atoms. The van der Waals surface area contributed by atoms with Gasteiger partial charge in [-0.25, -0.2) is 4.68 Å². The molecule has 0 aromatic carbocycles. The molecule has 4 rings (SSSR count). The highest BCUT2D eigenvalue weighted by Crippen LogP contribution is 2.35. The van der Waals surface area contributed by atoms with Crippen LogP contribution in [0.15, 0.2) is 35.4 Å². The minimum Gasteiger partial charge on any atom is -0.481 e. The standard InChI is InChI=1S/C17H17N5O3S2/c23-15(14-7-18-11-27-14)21-4-3-17(10-21,16(24)25)6-12-8-22(20-19-12)9-13-2-1-5-26-13/h1-2,5,7-8,11H,3-4,6,9-10H2,(H,24,25). The molecule has 8 nitrogen and oxygen atoms in total. The van der Waals surface area contributed by atoms with Crippen molar-refractivity contribution in [2.45, 2.75) is 19.4 Å². The number of aliphatic carboxylic acids is 1. The Morgan fingerprint density at radius 1 is 1.33 bits per heavy atom. The third-order valence-electron chi connectivity index (χ3n) is 4.74. The monoisotopic (exact) mass is 403 g/mol. The average molecular weight is 403 g/mol. The zero-order valence-electron chi connectivity index (χ0n) is 14.3. The van der Waals surface area contributed by atoms with E-state index in [0.717, 1.165) is 4.88 Å². The minimum atomic E-state index is -1.04. The van der Waals surface area contributed by atoms with E-state index in [1.54, 1.807) is 32.6 Å². The topological polar surface area (TPSA) is 101 Å². The van der Waals surface area contributed by atoms with E-state index in [1.165, 1.54) is 17.5 Å². The van der Waals surface area contributed by atoms with E-state index in [2.05, 4.69) is 15.3 Å². The summed E-state index contributed by atoms with van der Waals surface area (Å²) in [4.78, 5) is 31.8. The molecular weight excluding hydrogens is 386 g/mol. The Bertz CT molecular complexity index is 938. The van der Waals surface area contributed by atoms with Gasteiger partial charge in [0.05, 0.1) is 29.4 Å². The highest BCUT2D eigenvalue weighted by molar-refractivity contribution is 7.11. The fraction of sp³-hybridized carbons (Fsp3) is 0.353. The molecule has 0 radical (unpaired) electrons. The summed E-state index contributed by atoms with van der Waals surface area (Å²) in [5, 5.41) is 20.1. The smallest absolute Gasteiger partial charge is 0.311 e. The molecule has 4 heterocycles. The van der Waals surface area contributed by atoms with Crippen molar-refractivity contribution >= 4 is 34.6 Å². The van der Waals surface area contributed by atoms with E-state index in [-0.39, 0.29) is 18.9 Å². The summed E-state index contributed by atoms with van der Waals surface area (Å²) in [5.41, 5.74) is 1.19. The quantitative estimate of drug-likeness (QED) is 0.676. The van der Waals surface area contributed by atoms with Crippen LogP contribution < -0.4 is 0 Å². The van der Waals surface area contributed by atoms with Gasteiger partial charge in [0.25, 0.3) is 5.91 Å². The van der Waals surface area contributed by atoms with Gasteiger partial charge in [-0.1, -0.05) is 11.3 Å². The summed E-state index contributed by atoms with van der Waals surface area (Å²) in [7, 11) is 0. The summed E-state index contributed by atoms with van der Waals surface area (Å²) in [6.45, 7) is 1.18. The molecule has 1 aliphatic heterocycles. The van der Waals surface area contributed by atoms with Crippen LogP contribution in [0.5, 0.6) is 0 Å². The number of nitrogens with zero attached hydrogens (tertiary/aromatic N) is 5. The number of carbonyl (C=O) groups is 2. The molecule has 1 N–H and O–H groups in total. The van der Waals surface area contributed by atoms with E-state index in [9.17, 15) is 14.7 Å². The van der Waals surface area contributed by atoms with Crippen LogP contribution in [0.1, 0.15) is 26.7 Å². The maximum atomic E-state index is 12.5. The molecule has 140 valence electrons. The Morgan fingerprint density at radius 3 is 2.93 bits per heavy atom. The van der Waals surface area contributed by atoms with E-state index in [4.69, 9.17) is 0 Å². The lowest BCUT2D eigenvalue weighted by Crippen LogP contribution is -2.38. The zero-order valence-corrected chi connectivity index (χ0v) is 15.9. The Labute approximate surface area is 163 Å². The number of likely N-dealkylation sites (tertiary alicyclic amines) is 1. The first-order chi connectivity index (χ1) is 13.1. The Balaban J connectivity index is 1.48. The lowest BCUT2D eigenvalue weighted by atomic mass is 9.82. The van der Waals surface area contributed by atoms with Gasteiger partial charge < -0.3 is 10.0 Å². The third kappa shape index (κ3) is 3.62. The molecule has 0 saturated carbocycles. The number of aromatic nitrogens is 4. The van der Waals surface area contributed by atoms with Crippen molar-refractivity contribution in [1.82, 2.24) is 24.9 Å². The summed E-state index contributed by atoms with van der Waals surface area (Å²) >= 11 is 2.90. The number of carboxylic acid groups (broad SMARTS) is 1. The summed E-state index contributed by atoms with van der Waals surface area (Å²) < 4.78 is 1.71. The first-order valence-corrected chi connectivity index (χ1v) is 10.1. The molecule has 3 aromatic heterocycles. The van der Waals surface area contributed by atoms with Crippen LogP contribution in [-0.2, 0) is 17.8 Å². The summed E-state index contributed by atoms with van der Waals surface area (Å²) in [6.07, 6.45) is 3.95. The summed E-state index contributed by atoms with van der Waals surface area (Å²) in [6, 6.07) is 4.00. The largest absolute Gasteiger partial charge is 0.481 e. The van der Waals surface area contributed by atoms with E-state index in [0.29, 0.717) is 30.1 Å². The zero-order chi connectivity index (χ0) is 18.9. The maximum absolute atomic E-state index is 12.5. The number of amides is 1. The number of thiazole rings is 1. The van der Waals surface area contributed by atoms with Gasteiger partial charge in [-0.05, 0) is 17.9 Å². The van der Waals surface area contributed by atoms with Crippen LogP contribution in [0.3, 0.4) is 0 Å². The van der Waals surface area contributed by atoms with Crippen LogP contribution >= 0.6 is 22.7 Å². The van der Waals surface area contributed by atoms with Gasteiger partial charge in [0, 0.05) is 30.6 Å². The second-order valence-electron chi connectivity index (χ2n) is 6.59. The predicted octanol–water partition coefficient (Wildman–Crippen LogP) is 2.00. The molecule has 1 atom stereocenters. The molecule has 1 fully saturated rings. The van der Waals surface area contributed by atoms with Gasteiger partial charge in [0.15, 0.2) is 0 Å². The second-order valence-corrected chi connectivity index (χ2v) is 8.51. The lowest BCUT2D eigenvalue weighted by molar-refractivity contribution is -0.148. The normalized spacial score (nSPS) is 19.5. The molecule has 3 aromatic rings. The fourth-order valence-electron chi connectivity index (χ4n) is 3.32. The van der Waals surface area contributed by atoms with Crippen molar-refractivity contribution < 1.29 is 14.7 Å². The van der Waals surface area contributed by atoms with Crippen molar-refractivity contribution in [1.29, 1.82) is 0 Å². The van der Waals surface area contributed by atoms with Gasteiger partial charge in [0.2, 0.25) is 0 Å². The highest BCUT2D eigenvalue weighted by atomic mass is 32.1. The number of thiophene rings is 1. The first kappa shape index (κ1) is 17.8. The lowest BCUT2D eigenvalue weighted by Gasteiger charge is -2.23. The number of rotatable bonds is 6. The maximum Gasteiger partial charge on any atom is 0.311 e. The van der Waals surface area contributed by atoms with Gasteiger partial charge in [-0.15, -0.1) is 27.8 Å². The first-order valence-electron chi connectivity index (χ1n) is 8.38. The van der Waals surface area contributed by atoms with Crippen molar-refractivity contribution in [3.05, 3.63) is 50.9 Å². The van der Waals surface area contributed by atoms with Crippen molar-refractivity contribution in [3.8, 4) is 0 Å². The molecule has 1 amide bonds. The molecule has 1 saturated heterocycles. The van der Waals surface area contributed by atoms with Gasteiger partial charge >= 0.3 is 5.97 Å². The fourth-order valence-corrected chi connectivity index (χ4v) is 4.61. The molecular formula is C17H17N5O3S2. The molecule has 0 aliphatic carbocycles. The number of hydrogen-bond acceptors (Lipinski definition) is 7.